The molecule has 0 saturated heterocycles. The Bertz CT molecular complexity index is 616. The van der Waals surface area contributed by atoms with E-state index in [1.165, 1.54) is 5.56 Å². The lowest BCUT2D eigenvalue weighted by atomic mass is 9.95. The molecule has 2 aromatic rings. The number of aromatic carboxylic acids is 1. The van der Waals surface area contributed by atoms with Gasteiger partial charge in [-0.2, -0.15) is 0 Å². The SMILES string of the molecule is O=C(O)c1cc2c([nH]1)CCC2Cc1ccc(Cl)cc1. The number of carbonyl (C=O) groups is 1. The Morgan fingerprint density at radius 2 is 2.11 bits per heavy atom. The summed E-state index contributed by atoms with van der Waals surface area (Å²) in [5, 5.41) is 9.74. The summed E-state index contributed by atoms with van der Waals surface area (Å²) in [6, 6.07) is 9.64. The molecule has 0 spiro atoms. The van der Waals surface area contributed by atoms with Gasteiger partial charge in [-0.3, -0.25) is 0 Å². The van der Waals surface area contributed by atoms with Crippen molar-refractivity contribution < 1.29 is 9.90 Å². The van der Waals surface area contributed by atoms with Crippen LogP contribution in [-0.2, 0) is 12.8 Å². The van der Waals surface area contributed by atoms with E-state index in [1.807, 2.05) is 24.3 Å². The highest BCUT2D eigenvalue weighted by molar-refractivity contribution is 6.30. The lowest BCUT2D eigenvalue weighted by Crippen LogP contribution is -1.99. The van der Waals surface area contributed by atoms with E-state index in [0.717, 1.165) is 35.5 Å². The van der Waals surface area contributed by atoms with E-state index in [9.17, 15) is 4.79 Å². The van der Waals surface area contributed by atoms with E-state index in [-0.39, 0.29) is 0 Å². The molecule has 0 aliphatic heterocycles. The van der Waals surface area contributed by atoms with Crippen LogP contribution in [-0.4, -0.2) is 16.1 Å². The van der Waals surface area contributed by atoms with Crippen LogP contribution in [0.1, 0.15) is 39.6 Å². The maximum absolute atomic E-state index is 11.0. The van der Waals surface area contributed by atoms with Gasteiger partial charge in [-0.15, -0.1) is 0 Å². The minimum absolute atomic E-state index is 0.297. The van der Waals surface area contributed by atoms with Gasteiger partial charge in [-0.1, -0.05) is 23.7 Å². The molecule has 2 N–H and O–H groups in total. The molecular formula is C15H14ClNO2. The van der Waals surface area contributed by atoms with E-state index in [1.54, 1.807) is 6.07 Å². The summed E-state index contributed by atoms with van der Waals surface area (Å²) in [4.78, 5) is 14.0. The average Bonchev–Trinajstić information content (AvgIpc) is 2.94. The Morgan fingerprint density at radius 1 is 1.37 bits per heavy atom. The molecule has 1 atom stereocenters. The molecule has 0 amide bonds. The Hall–Kier alpha value is -1.74. The first-order chi connectivity index (χ1) is 9.13. The highest BCUT2D eigenvalue weighted by atomic mass is 35.5. The third-order valence-corrected chi connectivity index (χ3v) is 3.99. The predicted molar refractivity (Wildman–Crippen MR) is 74.0 cm³/mol. The molecule has 98 valence electrons. The van der Waals surface area contributed by atoms with Crippen LogP contribution >= 0.6 is 11.6 Å². The van der Waals surface area contributed by atoms with Crippen LogP contribution in [0, 0.1) is 0 Å². The van der Waals surface area contributed by atoms with Crippen molar-refractivity contribution in [2.75, 3.05) is 0 Å². The number of carboxylic acids is 1. The van der Waals surface area contributed by atoms with Crippen molar-refractivity contribution in [3.05, 3.63) is 57.9 Å². The van der Waals surface area contributed by atoms with E-state index in [4.69, 9.17) is 16.7 Å². The number of rotatable bonds is 3. The summed E-state index contributed by atoms with van der Waals surface area (Å²) in [7, 11) is 0. The molecule has 3 nitrogen and oxygen atoms in total. The van der Waals surface area contributed by atoms with E-state index < -0.39 is 5.97 Å². The highest BCUT2D eigenvalue weighted by Crippen LogP contribution is 2.36. The second-order valence-corrected chi connectivity index (χ2v) is 5.42. The van der Waals surface area contributed by atoms with Crippen LogP contribution in [0.3, 0.4) is 0 Å². The van der Waals surface area contributed by atoms with Gasteiger partial charge < -0.3 is 10.1 Å². The van der Waals surface area contributed by atoms with Gasteiger partial charge in [-0.05, 0) is 54.5 Å². The zero-order chi connectivity index (χ0) is 13.4. The fourth-order valence-corrected chi connectivity index (χ4v) is 2.92. The number of carboxylic acid groups (broad SMARTS) is 1. The number of benzene rings is 1. The first-order valence-electron chi connectivity index (χ1n) is 6.33. The molecule has 1 aromatic carbocycles. The summed E-state index contributed by atoms with van der Waals surface area (Å²) in [6.45, 7) is 0. The van der Waals surface area contributed by atoms with Gasteiger partial charge in [0.1, 0.15) is 5.69 Å². The second kappa shape index (κ2) is 4.74. The van der Waals surface area contributed by atoms with Crippen LogP contribution in [0.2, 0.25) is 5.02 Å². The topological polar surface area (TPSA) is 53.1 Å². The molecule has 1 heterocycles. The van der Waals surface area contributed by atoms with Gasteiger partial charge in [0.2, 0.25) is 0 Å². The predicted octanol–water partition coefficient (Wildman–Crippen LogP) is 3.64. The Labute approximate surface area is 116 Å². The van der Waals surface area contributed by atoms with Crippen LogP contribution in [0.25, 0.3) is 0 Å². The zero-order valence-electron chi connectivity index (χ0n) is 10.3. The number of nitrogens with one attached hydrogen (secondary N) is 1. The van der Waals surface area contributed by atoms with Crippen molar-refractivity contribution >= 4 is 17.6 Å². The minimum atomic E-state index is -0.889. The molecule has 1 aliphatic carbocycles. The smallest absolute Gasteiger partial charge is 0.352 e. The molecule has 1 aliphatic rings. The van der Waals surface area contributed by atoms with Crippen molar-refractivity contribution in [3.63, 3.8) is 0 Å². The summed E-state index contributed by atoms with van der Waals surface area (Å²) < 4.78 is 0. The Morgan fingerprint density at radius 3 is 2.79 bits per heavy atom. The number of H-pyrrole nitrogens is 1. The molecule has 0 radical (unpaired) electrons. The van der Waals surface area contributed by atoms with E-state index in [0.29, 0.717) is 11.6 Å². The maximum atomic E-state index is 11.0. The van der Waals surface area contributed by atoms with Crippen molar-refractivity contribution in [3.8, 4) is 0 Å². The number of aryl methyl sites for hydroxylation is 1. The van der Waals surface area contributed by atoms with Crippen LogP contribution in [0.15, 0.2) is 30.3 Å². The molecule has 19 heavy (non-hydrogen) atoms. The van der Waals surface area contributed by atoms with Crippen molar-refractivity contribution in [2.45, 2.75) is 25.2 Å². The fraction of sp³-hybridized carbons (Fsp3) is 0.267. The summed E-state index contributed by atoms with van der Waals surface area (Å²) >= 11 is 5.88. The Kier molecular flexibility index (Phi) is 3.07. The molecular weight excluding hydrogens is 262 g/mol. The molecule has 3 rings (SSSR count). The summed E-state index contributed by atoms with van der Waals surface area (Å²) in [5.74, 6) is -0.486. The van der Waals surface area contributed by atoms with Gasteiger partial charge in [0.05, 0.1) is 0 Å². The maximum Gasteiger partial charge on any atom is 0.352 e. The second-order valence-electron chi connectivity index (χ2n) is 4.99. The summed E-state index contributed by atoms with van der Waals surface area (Å²) in [5.41, 5.74) is 3.77. The monoisotopic (exact) mass is 275 g/mol. The largest absolute Gasteiger partial charge is 0.477 e. The average molecular weight is 276 g/mol. The van der Waals surface area contributed by atoms with Crippen molar-refractivity contribution in [2.24, 2.45) is 0 Å². The first-order valence-corrected chi connectivity index (χ1v) is 6.71. The first kappa shape index (κ1) is 12.3. The number of hydrogen-bond acceptors (Lipinski definition) is 1. The van der Waals surface area contributed by atoms with Gasteiger partial charge in [0.15, 0.2) is 0 Å². The quantitative estimate of drug-likeness (QED) is 0.898. The third kappa shape index (κ3) is 2.38. The summed E-state index contributed by atoms with van der Waals surface area (Å²) in [6.07, 6.45) is 2.94. The molecule has 0 bridgehead atoms. The van der Waals surface area contributed by atoms with Crippen LogP contribution in [0.5, 0.6) is 0 Å². The fourth-order valence-electron chi connectivity index (χ4n) is 2.79. The zero-order valence-corrected chi connectivity index (χ0v) is 11.1. The van der Waals surface area contributed by atoms with E-state index in [2.05, 4.69) is 4.98 Å². The number of fused-ring (bicyclic) bond motifs is 1. The molecule has 4 heteroatoms. The lowest BCUT2D eigenvalue weighted by Gasteiger charge is -2.10. The highest BCUT2D eigenvalue weighted by Gasteiger charge is 2.26. The van der Waals surface area contributed by atoms with Crippen molar-refractivity contribution in [1.29, 1.82) is 0 Å². The Balaban J connectivity index is 1.82. The molecule has 0 saturated carbocycles. The molecule has 1 unspecified atom stereocenters. The van der Waals surface area contributed by atoms with Gasteiger partial charge in [-0.25, -0.2) is 4.79 Å². The standard InChI is InChI=1S/C15H14ClNO2/c16-11-4-1-9(2-5-11)7-10-3-6-13-12(10)8-14(17-13)15(18)19/h1-2,4-5,8,10,17H,3,6-7H2,(H,18,19). The lowest BCUT2D eigenvalue weighted by molar-refractivity contribution is 0.0691. The van der Waals surface area contributed by atoms with Gasteiger partial charge >= 0.3 is 5.97 Å². The third-order valence-electron chi connectivity index (χ3n) is 3.74. The van der Waals surface area contributed by atoms with Crippen LogP contribution < -0.4 is 0 Å². The molecule has 1 aromatic heterocycles. The van der Waals surface area contributed by atoms with Crippen LogP contribution in [0.4, 0.5) is 0 Å². The number of aromatic amines is 1. The number of aromatic nitrogens is 1. The van der Waals surface area contributed by atoms with E-state index >= 15 is 0 Å². The number of hydrogen-bond donors (Lipinski definition) is 2. The molecule has 0 fully saturated rings. The van der Waals surface area contributed by atoms with Gasteiger partial charge in [0.25, 0.3) is 0 Å². The van der Waals surface area contributed by atoms with Gasteiger partial charge in [0, 0.05) is 10.7 Å². The minimum Gasteiger partial charge on any atom is -0.477 e. The van der Waals surface area contributed by atoms with Crippen molar-refractivity contribution in [1.82, 2.24) is 4.98 Å². The number of halogens is 1. The normalized spacial score (nSPS) is 17.4.